The molecule has 1 aromatic carbocycles. The lowest BCUT2D eigenvalue weighted by atomic mass is 10.1. The summed E-state index contributed by atoms with van der Waals surface area (Å²) in [6.07, 6.45) is -0.573. The van der Waals surface area contributed by atoms with Crippen molar-refractivity contribution in [2.24, 2.45) is 0 Å². The van der Waals surface area contributed by atoms with Crippen molar-refractivity contribution < 1.29 is 19.4 Å². The highest BCUT2D eigenvalue weighted by Gasteiger charge is 2.11. The monoisotopic (exact) mass is 196 g/mol. The van der Waals surface area contributed by atoms with E-state index in [4.69, 9.17) is 9.84 Å². The molecule has 0 spiro atoms. The molecule has 1 aromatic rings. The van der Waals surface area contributed by atoms with Crippen LogP contribution in [0.1, 0.15) is 12.5 Å². The van der Waals surface area contributed by atoms with Crippen LogP contribution in [0.15, 0.2) is 18.2 Å². The summed E-state index contributed by atoms with van der Waals surface area (Å²) < 4.78 is 9.65. The van der Waals surface area contributed by atoms with Gasteiger partial charge in [-0.2, -0.15) is 0 Å². The lowest BCUT2D eigenvalue weighted by Crippen LogP contribution is -2.05. The van der Waals surface area contributed by atoms with E-state index >= 15 is 0 Å². The first-order valence-electron chi connectivity index (χ1n) is 4.25. The first-order valence-corrected chi connectivity index (χ1v) is 4.25. The molecule has 0 aliphatic rings. The molecule has 14 heavy (non-hydrogen) atoms. The number of rotatable bonds is 3. The molecule has 0 radical (unpaired) electrons. The van der Waals surface area contributed by atoms with E-state index < -0.39 is 6.16 Å². The van der Waals surface area contributed by atoms with Crippen molar-refractivity contribution >= 4 is 6.16 Å². The molecule has 0 aliphatic heterocycles. The minimum absolute atomic E-state index is 0.236. The summed E-state index contributed by atoms with van der Waals surface area (Å²) >= 11 is 0. The van der Waals surface area contributed by atoms with Gasteiger partial charge in [0.05, 0.1) is 7.11 Å². The summed E-state index contributed by atoms with van der Waals surface area (Å²) in [5.41, 5.74) is 0.922. The van der Waals surface area contributed by atoms with Gasteiger partial charge in [0.2, 0.25) is 0 Å². The zero-order valence-corrected chi connectivity index (χ0v) is 8.11. The predicted molar refractivity (Wildman–Crippen MR) is 51.0 cm³/mol. The highest BCUT2D eigenvalue weighted by Crippen LogP contribution is 2.31. The van der Waals surface area contributed by atoms with Gasteiger partial charge in [0.1, 0.15) is 0 Å². The van der Waals surface area contributed by atoms with Gasteiger partial charge in [-0.25, -0.2) is 4.79 Å². The third-order valence-electron chi connectivity index (χ3n) is 1.84. The molecule has 0 aliphatic carbocycles. The molecule has 4 nitrogen and oxygen atoms in total. The molecule has 0 unspecified atom stereocenters. The second-order valence-corrected chi connectivity index (χ2v) is 2.67. The number of aryl methyl sites for hydroxylation is 1. The van der Waals surface area contributed by atoms with Crippen LogP contribution in [0.3, 0.4) is 0 Å². The van der Waals surface area contributed by atoms with E-state index in [1.165, 1.54) is 7.11 Å². The molecule has 0 bridgehead atoms. The van der Waals surface area contributed by atoms with Crippen molar-refractivity contribution in [2.75, 3.05) is 7.11 Å². The number of ether oxygens (including phenoxy) is 2. The summed E-state index contributed by atoms with van der Waals surface area (Å²) in [4.78, 5) is 10.4. The Hall–Kier alpha value is -1.71. The highest BCUT2D eigenvalue weighted by atomic mass is 16.7. The van der Waals surface area contributed by atoms with Crippen molar-refractivity contribution in [1.29, 1.82) is 0 Å². The van der Waals surface area contributed by atoms with E-state index in [-0.39, 0.29) is 5.75 Å². The number of para-hydroxylation sites is 1. The Labute approximate surface area is 82.1 Å². The SMILES string of the molecule is CCc1cccc(OC(=O)O)c1OC. The molecule has 0 heterocycles. The molecule has 0 saturated carbocycles. The summed E-state index contributed by atoms with van der Waals surface area (Å²) in [5, 5.41) is 8.47. The molecule has 0 fully saturated rings. The van der Waals surface area contributed by atoms with Crippen molar-refractivity contribution in [1.82, 2.24) is 0 Å². The topological polar surface area (TPSA) is 55.8 Å². The molecular formula is C10H12O4. The van der Waals surface area contributed by atoms with E-state index in [0.29, 0.717) is 5.75 Å². The average Bonchev–Trinajstić information content (AvgIpc) is 2.16. The molecule has 1 rings (SSSR count). The number of carboxylic acid groups (broad SMARTS) is 1. The summed E-state index contributed by atoms with van der Waals surface area (Å²) in [6.45, 7) is 1.96. The van der Waals surface area contributed by atoms with Crippen LogP contribution < -0.4 is 9.47 Å². The number of benzene rings is 1. The lowest BCUT2D eigenvalue weighted by Gasteiger charge is -2.10. The fraction of sp³-hybridized carbons (Fsp3) is 0.300. The number of carbonyl (C=O) groups is 1. The Morgan fingerprint density at radius 1 is 1.50 bits per heavy atom. The van der Waals surface area contributed by atoms with Gasteiger partial charge < -0.3 is 14.6 Å². The lowest BCUT2D eigenvalue weighted by molar-refractivity contribution is 0.142. The van der Waals surface area contributed by atoms with Crippen LogP contribution in [0, 0.1) is 0 Å². The third kappa shape index (κ3) is 2.16. The van der Waals surface area contributed by atoms with Gasteiger partial charge >= 0.3 is 6.16 Å². The zero-order valence-electron chi connectivity index (χ0n) is 8.11. The Balaban J connectivity index is 3.08. The molecule has 0 aromatic heterocycles. The maximum atomic E-state index is 10.4. The summed E-state index contributed by atoms with van der Waals surface area (Å²) in [6, 6.07) is 5.17. The molecule has 4 heteroatoms. The van der Waals surface area contributed by atoms with Gasteiger partial charge in [0.25, 0.3) is 0 Å². The largest absolute Gasteiger partial charge is 0.511 e. The first kappa shape index (κ1) is 10.4. The molecule has 0 atom stereocenters. The molecule has 76 valence electrons. The maximum Gasteiger partial charge on any atom is 0.511 e. The Kier molecular flexibility index (Phi) is 3.34. The fourth-order valence-corrected chi connectivity index (χ4v) is 1.25. The van der Waals surface area contributed by atoms with Crippen molar-refractivity contribution in [3.05, 3.63) is 23.8 Å². The quantitative estimate of drug-likeness (QED) is 0.595. The Morgan fingerprint density at radius 2 is 2.21 bits per heavy atom. The zero-order chi connectivity index (χ0) is 10.6. The molecule has 0 saturated heterocycles. The van der Waals surface area contributed by atoms with Crippen LogP contribution in [0.4, 0.5) is 4.79 Å². The highest BCUT2D eigenvalue weighted by molar-refractivity contribution is 5.63. The minimum atomic E-state index is -1.34. The maximum absolute atomic E-state index is 10.4. The van der Waals surface area contributed by atoms with Gasteiger partial charge in [-0.05, 0) is 18.1 Å². The van der Waals surface area contributed by atoms with Crippen molar-refractivity contribution in [3.63, 3.8) is 0 Å². The summed E-state index contributed by atoms with van der Waals surface area (Å²) in [5.74, 6) is 0.719. The van der Waals surface area contributed by atoms with Gasteiger partial charge in [0, 0.05) is 0 Å². The summed E-state index contributed by atoms with van der Waals surface area (Å²) in [7, 11) is 1.49. The van der Waals surface area contributed by atoms with E-state index in [0.717, 1.165) is 12.0 Å². The van der Waals surface area contributed by atoms with E-state index in [1.54, 1.807) is 12.1 Å². The number of hydrogen-bond acceptors (Lipinski definition) is 3. The van der Waals surface area contributed by atoms with Crippen LogP contribution in [0.2, 0.25) is 0 Å². The Bertz CT molecular complexity index is 333. The number of hydrogen-bond donors (Lipinski definition) is 1. The predicted octanol–water partition coefficient (Wildman–Crippen LogP) is 2.31. The number of methoxy groups -OCH3 is 1. The Morgan fingerprint density at radius 3 is 2.71 bits per heavy atom. The average molecular weight is 196 g/mol. The van der Waals surface area contributed by atoms with Crippen LogP contribution in [0.5, 0.6) is 11.5 Å². The van der Waals surface area contributed by atoms with Crippen molar-refractivity contribution in [3.8, 4) is 11.5 Å². The van der Waals surface area contributed by atoms with Crippen LogP contribution in [0.25, 0.3) is 0 Å². The van der Waals surface area contributed by atoms with Crippen molar-refractivity contribution in [2.45, 2.75) is 13.3 Å². The third-order valence-corrected chi connectivity index (χ3v) is 1.84. The first-order chi connectivity index (χ1) is 6.69. The smallest absolute Gasteiger partial charge is 0.493 e. The fourth-order valence-electron chi connectivity index (χ4n) is 1.25. The van der Waals surface area contributed by atoms with Crippen LogP contribution >= 0.6 is 0 Å². The molecule has 1 N–H and O–H groups in total. The van der Waals surface area contributed by atoms with Crippen LogP contribution in [-0.4, -0.2) is 18.4 Å². The standard InChI is InChI=1S/C10H12O4/c1-3-7-5-4-6-8(9(7)13-2)14-10(11)12/h4-6H,3H2,1-2H3,(H,11,12). The van der Waals surface area contributed by atoms with E-state index in [9.17, 15) is 4.79 Å². The van der Waals surface area contributed by atoms with Gasteiger partial charge in [-0.1, -0.05) is 19.1 Å². The molecule has 0 amide bonds. The normalized spacial score (nSPS) is 9.57. The second-order valence-electron chi connectivity index (χ2n) is 2.67. The van der Waals surface area contributed by atoms with Gasteiger partial charge in [-0.15, -0.1) is 0 Å². The van der Waals surface area contributed by atoms with Crippen LogP contribution in [-0.2, 0) is 6.42 Å². The molecular weight excluding hydrogens is 184 g/mol. The van der Waals surface area contributed by atoms with Gasteiger partial charge in [0.15, 0.2) is 11.5 Å². The van der Waals surface area contributed by atoms with Gasteiger partial charge in [-0.3, -0.25) is 0 Å². The second kappa shape index (κ2) is 4.50. The van der Waals surface area contributed by atoms with E-state index in [2.05, 4.69) is 4.74 Å². The van der Waals surface area contributed by atoms with E-state index in [1.807, 2.05) is 13.0 Å². The minimum Gasteiger partial charge on any atom is -0.493 e.